The Morgan fingerprint density at radius 1 is 1.19 bits per heavy atom. The van der Waals surface area contributed by atoms with Crippen LogP contribution < -0.4 is 10.6 Å². The maximum Gasteiger partial charge on any atom is 0.243 e. The van der Waals surface area contributed by atoms with E-state index in [0.29, 0.717) is 11.3 Å². The number of nitrogens with zero attached hydrogens (tertiary/aromatic N) is 1. The van der Waals surface area contributed by atoms with Gasteiger partial charge in [0.1, 0.15) is 5.82 Å². The topological polar surface area (TPSA) is 78.5 Å². The average Bonchev–Trinajstić information content (AvgIpc) is 2.55. The summed E-state index contributed by atoms with van der Waals surface area (Å²) in [5, 5.41) is 5.51. The molecule has 9 heteroatoms. The zero-order valence-electron chi connectivity index (χ0n) is 14.5. The van der Waals surface area contributed by atoms with Crippen LogP contribution in [0.3, 0.4) is 0 Å². The molecule has 2 N–H and O–H groups in total. The third kappa shape index (κ3) is 4.72. The van der Waals surface area contributed by atoms with Gasteiger partial charge in [0.2, 0.25) is 15.9 Å². The number of aryl methyl sites for hydroxylation is 1. The fourth-order valence-electron chi connectivity index (χ4n) is 2.17. The van der Waals surface area contributed by atoms with Crippen molar-refractivity contribution in [2.45, 2.75) is 11.8 Å². The smallest absolute Gasteiger partial charge is 0.243 e. The molecule has 0 bridgehead atoms. The quantitative estimate of drug-likeness (QED) is 0.782. The van der Waals surface area contributed by atoms with E-state index in [1.54, 1.807) is 19.1 Å². The SMILES string of the molecule is Cc1ccc(NC(=O)CNc2ccc(Cl)cc2F)cc1S(=O)(=O)N(C)C. The first-order valence-corrected chi connectivity index (χ1v) is 9.45. The van der Waals surface area contributed by atoms with Gasteiger partial charge in [0, 0.05) is 24.8 Å². The monoisotopic (exact) mass is 399 g/mol. The van der Waals surface area contributed by atoms with E-state index >= 15 is 0 Å². The Hall–Kier alpha value is -2.16. The highest BCUT2D eigenvalue weighted by Gasteiger charge is 2.20. The summed E-state index contributed by atoms with van der Waals surface area (Å²) < 4.78 is 39.4. The maximum absolute atomic E-state index is 13.7. The molecule has 140 valence electrons. The second-order valence-corrected chi connectivity index (χ2v) is 8.35. The van der Waals surface area contributed by atoms with E-state index in [9.17, 15) is 17.6 Å². The second-order valence-electron chi connectivity index (χ2n) is 5.79. The Kier molecular flexibility index (Phi) is 6.22. The number of halogens is 2. The Bertz CT molecular complexity index is 933. The predicted octanol–water partition coefficient (Wildman–Crippen LogP) is 3.09. The van der Waals surface area contributed by atoms with Gasteiger partial charge in [-0.2, -0.15) is 0 Å². The molecule has 26 heavy (non-hydrogen) atoms. The first-order valence-electron chi connectivity index (χ1n) is 7.63. The summed E-state index contributed by atoms with van der Waals surface area (Å²) in [5.74, 6) is -1.02. The van der Waals surface area contributed by atoms with Crippen LogP contribution in [0.15, 0.2) is 41.3 Å². The lowest BCUT2D eigenvalue weighted by atomic mass is 10.2. The van der Waals surface area contributed by atoms with E-state index in [-0.39, 0.29) is 22.2 Å². The Morgan fingerprint density at radius 3 is 2.50 bits per heavy atom. The van der Waals surface area contributed by atoms with E-state index in [0.717, 1.165) is 10.4 Å². The summed E-state index contributed by atoms with van der Waals surface area (Å²) in [6.45, 7) is 1.48. The van der Waals surface area contributed by atoms with E-state index in [4.69, 9.17) is 11.6 Å². The summed E-state index contributed by atoms with van der Waals surface area (Å²) in [7, 11) is -0.756. The van der Waals surface area contributed by atoms with Gasteiger partial charge >= 0.3 is 0 Å². The molecule has 0 heterocycles. The van der Waals surface area contributed by atoms with Crippen LogP contribution in [-0.4, -0.2) is 39.3 Å². The molecule has 0 aliphatic carbocycles. The molecule has 0 spiro atoms. The molecule has 0 radical (unpaired) electrons. The number of amides is 1. The van der Waals surface area contributed by atoms with Gasteiger partial charge in [0.15, 0.2) is 0 Å². The number of carbonyl (C=O) groups excluding carboxylic acids is 1. The third-order valence-corrected chi connectivity index (χ3v) is 5.79. The fourth-order valence-corrected chi connectivity index (χ4v) is 3.47. The molecule has 2 aromatic carbocycles. The van der Waals surface area contributed by atoms with Crippen LogP contribution in [-0.2, 0) is 14.8 Å². The first kappa shape index (κ1) is 20.2. The molecule has 0 saturated heterocycles. The molecule has 0 fully saturated rings. The van der Waals surface area contributed by atoms with E-state index in [2.05, 4.69) is 10.6 Å². The lowest BCUT2D eigenvalue weighted by molar-refractivity contribution is -0.114. The predicted molar refractivity (Wildman–Crippen MR) is 101 cm³/mol. The highest BCUT2D eigenvalue weighted by Crippen LogP contribution is 2.22. The molecular formula is C17H19ClFN3O3S. The van der Waals surface area contributed by atoms with E-state index < -0.39 is 21.7 Å². The van der Waals surface area contributed by atoms with Gasteiger partial charge in [-0.15, -0.1) is 0 Å². The lowest BCUT2D eigenvalue weighted by Crippen LogP contribution is -2.24. The molecule has 0 aromatic heterocycles. The standard InChI is InChI=1S/C17H19ClFN3O3S/c1-11-4-6-13(9-16(11)26(24,25)22(2)3)21-17(23)10-20-15-7-5-12(18)8-14(15)19/h4-9,20H,10H2,1-3H3,(H,21,23). The molecule has 2 aromatic rings. The normalized spacial score (nSPS) is 11.5. The van der Waals surface area contributed by atoms with Crippen LogP contribution >= 0.6 is 11.6 Å². The number of benzene rings is 2. The highest BCUT2D eigenvalue weighted by molar-refractivity contribution is 7.89. The Balaban J connectivity index is 2.10. The number of carbonyl (C=O) groups is 1. The highest BCUT2D eigenvalue weighted by atomic mass is 35.5. The zero-order chi connectivity index (χ0) is 19.5. The number of rotatable bonds is 6. The van der Waals surface area contributed by atoms with Crippen molar-refractivity contribution in [3.8, 4) is 0 Å². The molecule has 0 aliphatic rings. The molecule has 0 aliphatic heterocycles. The van der Waals surface area contributed by atoms with Crippen molar-refractivity contribution in [2.75, 3.05) is 31.3 Å². The van der Waals surface area contributed by atoms with Crippen molar-refractivity contribution in [1.82, 2.24) is 4.31 Å². The largest absolute Gasteiger partial charge is 0.374 e. The van der Waals surface area contributed by atoms with Crippen LogP contribution in [0.25, 0.3) is 0 Å². The Labute approximate surface area is 157 Å². The molecule has 6 nitrogen and oxygen atoms in total. The van der Waals surface area contributed by atoms with Gasteiger partial charge in [-0.1, -0.05) is 17.7 Å². The van der Waals surface area contributed by atoms with Crippen molar-refractivity contribution in [2.24, 2.45) is 0 Å². The number of sulfonamides is 1. The summed E-state index contributed by atoms with van der Waals surface area (Å²) in [4.78, 5) is 12.2. The summed E-state index contributed by atoms with van der Waals surface area (Å²) in [6, 6.07) is 8.68. The van der Waals surface area contributed by atoms with Gasteiger partial charge in [-0.05, 0) is 42.8 Å². The van der Waals surface area contributed by atoms with Crippen LogP contribution in [0.5, 0.6) is 0 Å². The van der Waals surface area contributed by atoms with Crippen molar-refractivity contribution in [3.05, 3.63) is 52.8 Å². The minimum atomic E-state index is -3.63. The van der Waals surface area contributed by atoms with Gasteiger partial charge in [-0.25, -0.2) is 17.1 Å². The summed E-state index contributed by atoms with van der Waals surface area (Å²) in [5.41, 5.74) is 1.04. The van der Waals surface area contributed by atoms with Crippen LogP contribution in [0.4, 0.5) is 15.8 Å². The second kappa shape index (κ2) is 8.03. The molecule has 0 atom stereocenters. The van der Waals surface area contributed by atoms with Crippen molar-refractivity contribution in [3.63, 3.8) is 0 Å². The van der Waals surface area contributed by atoms with E-state index in [1.165, 1.54) is 32.3 Å². The third-order valence-electron chi connectivity index (χ3n) is 3.60. The van der Waals surface area contributed by atoms with Gasteiger partial charge in [0.05, 0.1) is 17.1 Å². The minimum Gasteiger partial charge on any atom is -0.374 e. The van der Waals surface area contributed by atoms with Gasteiger partial charge in [0.25, 0.3) is 0 Å². The molecule has 2 rings (SSSR count). The fraction of sp³-hybridized carbons (Fsp3) is 0.235. The van der Waals surface area contributed by atoms with Crippen molar-refractivity contribution in [1.29, 1.82) is 0 Å². The molecular weight excluding hydrogens is 381 g/mol. The van der Waals surface area contributed by atoms with E-state index in [1.807, 2.05) is 0 Å². The average molecular weight is 400 g/mol. The minimum absolute atomic E-state index is 0.108. The summed E-state index contributed by atoms with van der Waals surface area (Å²) in [6.07, 6.45) is 0. The van der Waals surface area contributed by atoms with Crippen LogP contribution in [0.2, 0.25) is 5.02 Å². The number of anilines is 2. The van der Waals surface area contributed by atoms with Crippen LogP contribution in [0, 0.1) is 12.7 Å². The zero-order valence-corrected chi connectivity index (χ0v) is 16.1. The van der Waals surface area contributed by atoms with Crippen molar-refractivity contribution < 1.29 is 17.6 Å². The molecule has 1 amide bonds. The maximum atomic E-state index is 13.7. The van der Waals surface area contributed by atoms with Gasteiger partial charge in [-0.3, -0.25) is 4.79 Å². The van der Waals surface area contributed by atoms with Gasteiger partial charge < -0.3 is 10.6 Å². The lowest BCUT2D eigenvalue weighted by Gasteiger charge is -2.15. The van der Waals surface area contributed by atoms with Crippen LogP contribution in [0.1, 0.15) is 5.56 Å². The molecule has 0 saturated carbocycles. The number of hydrogen-bond donors (Lipinski definition) is 2. The number of nitrogens with one attached hydrogen (secondary N) is 2. The number of hydrogen-bond acceptors (Lipinski definition) is 4. The molecule has 0 unspecified atom stereocenters. The first-order chi connectivity index (χ1) is 12.1. The van der Waals surface area contributed by atoms with Crippen molar-refractivity contribution >= 4 is 38.9 Å². The summed E-state index contributed by atoms with van der Waals surface area (Å²) >= 11 is 5.67. The Morgan fingerprint density at radius 2 is 1.88 bits per heavy atom.